The van der Waals surface area contributed by atoms with Gasteiger partial charge in [0.15, 0.2) is 0 Å². The second-order valence-electron chi connectivity index (χ2n) is 5.31. The van der Waals surface area contributed by atoms with E-state index < -0.39 is 0 Å². The summed E-state index contributed by atoms with van der Waals surface area (Å²) in [6, 6.07) is 7.40. The lowest BCUT2D eigenvalue weighted by Gasteiger charge is -2.08. The minimum absolute atomic E-state index is 0.148. The number of carbonyl (C=O) groups is 1. The molecule has 0 radical (unpaired) electrons. The monoisotopic (exact) mass is 301 g/mol. The van der Waals surface area contributed by atoms with Crippen LogP contribution < -0.4 is 5.32 Å². The van der Waals surface area contributed by atoms with Gasteiger partial charge in [0.2, 0.25) is 0 Å². The molecule has 108 valence electrons. The Morgan fingerprint density at radius 3 is 2.67 bits per heavy atom. The predicted molar refractivity (Wildman–Crippen MR) is 81.4 cm³/mol. The highest BCUT2D eigenvalue weighted by Gasteiger charge is 2.27. The van der Waals surface area contributed by atoms with Crippen molar-refractivity contribution in [3.63, 3.8) is 0 Å². The molecule has 1 heterocycles. The molecule has 0 atom stereocenters. The van der Waals surface area contributed by atoms with Crippen molar-refractivity contribution in [1.82, 2.24) is 15.3 Å². The van der Waals surface area contributed by atoms with Crippen LogP contribution in [0.2, 0.25) is 5.02 Å². The molecular weight excluding hydrogens is 286 g/mol. The van der Waals surface area contributed by atoms with Crippen molar-refractivity contribution in [1.29, 1.82) is 0 Å². The second kappa shape index (κ2) is 5.82. The lowest BCUT2D eigenvalue weighted by atomic mass is 10.2. The van der Waals surface area contributed by atoms with Crippen molar-refractivity contribution in [2.75, 3.05) is 0 Å². The number of hydrogen-bond donors (Lipinski definition) is 1. The summed E-state index contributed by atoms with van der Waals surface area (Å²) >= 11 is 5.83. The molecule has 3 rings (SSSR count). The molecule has 1 amide bonds. The number of hydrogen-bond acceptors (Lipinski definition) is 3. The molecule has 1 aromatic carbocycles. The van der Waals surface area contributed by atoms with E-state index in [4.69, 9.17) is 11.6 Å². The normalized spacial score (nSPS) is 14.0. The van der Waals surface area contributed by atoms with Crippen LogP contribution in [0.1, 0.15) is 46.2 Å². The van der Waals surface area contributed by atoms with Crippen molar-refractivity contribution in [2.45, 2.75) is 32.2 Å². The summed E-state index contributed by atoms with van der Waals surface area (Å²) in [4.78, 5) is 20.9. The standard InChI is InChI=1S/C16H16ClN3O/c1-10-14(9-18-15(20-10)12-4-5-12)16(21)19-8-11-2-6-13(17)7-3-11/h2-3,6-7,9,12H,4-5,8H2,1H3,(H,19,21). The van der Waals surface area contributed by atoms with Crippen LogP contribution >= 0.6 is 11.6 Å². The fourth-order valence-corrected chi connectivity index (χ4v) is 2.25. The van der Waals surface area contributed by atoms with Gasteiger partial charge in [-0.2, -0.15) is 0 Å². The number of halogens is 1. The van der Waals surface area contributed by atoms with Crippen LogP contribution in [0.5, 0.6) is 0 Å². The molecule has 0 spiro atoms. The minimum atomic E-state index is -0.148. The van der Waals surface area contributed by atoms with E-state index >= 15 is 0 Å². The number of aryl methyl sites for hydroxylation is 1. The first kappa shape index (κ1) is 14.0. The minimum Gasteiger partial charge on any atom is -0.348 e. The summed E-state index contributed by atoms with van der Waals surface area (Å²) in [5, 5.41) is 3.56. The van der Waals surface area contributed by atoms with Gasteiger partial charge in [-0.05, 0) is 37.5 Å². The van der Waals surface area contributed by atoms with Crippen LogP contribution in [-0.4, -0.2) is 15.9 Å². The van der Waals surface area contributed by atoms with Crippen molar-refractivity contribution in [2.24, 2.45) is 0 Å². The maximum Gasteiger partial charge on any atom is 0.254 e. The highest BCUT2D eigenvalue weighted by Crippen LogP contribution is 2.37. The van der Waals surface area contributed by atoms with Crippen LogP contribution in [0, 0.1) is 6.92 Å². The molecule has 1 aliphatic rings. The summed E-state index contributed by atoms with van der Waals surface area (Å²) in [7, 11) is 0. The van der Waals surface area contributed by atoms with E-state index in [0.717, 1.165) is 29.9 Å². The maximum absolute atomic E-state index is 12.2. The first-order valence-corrected chi connectivity index (χ1v) is 7.37. The number of carbonyl (C=O) groups excluding carboxylic acids is 1. The summed E-state index contributed by atoms with van der Waals surface area (Å²) in [5.74, 6) is 1.21. The highest BCUT2D eigenvalue weighted by atomic mass is 35.5. The summed E-state index contributed by atoms with van der Waals surface area (Å²) < 4.78 is 0. The topological polar surface area (TPSA) is 54.9 Å². The van der Waals surface area contributed by atoms with Crippen LogP contribution in [0.4, 0.5) is 0 Å². The number of amides is 1. The van der Waals surface area contributed by atoms with Crippen LogP contribution in [-0.2, 0) is 6.54 Å². The molecule has 1 fully saturated rings. The molecule has 0 saturated heterocycles. The molecule has 21 heavy (non-hydrogen) atoms. The summed E-state index contributed by atoms with van der Waals surface area (Å²) in [5.41, 5.74) is 2.27. The number of aromatic nitrogens is 2. The van der Waals surface area contributed by atoms with E-state index in [9.17, 15) is 4.79 Å². The average Bonchev–Trinajstić information content (AvgIpc) is 3.31. The van der Waals surface area contributed by atoms with Crippen LogP contribution in [0.25, 0.3) is 0 Å². The zero-order valence-electron chi connectivity index (χ0n) is 11.8. The van der Waals surface area contributed by atoms with E-state index in [1.807, 2.05) is 31.2 Å². The maximum atomic E-state index is 12.2. The zero-order chi connectivity index (χ0) is 14.8. The first-order valence-electron chi connectivity index (χ1n) is 6.99. The molecule has 5 heteroatoms. The molecule has 1 saturated carbocycles. The van der Waals surface area contributed by atoms with Crippen molar-refractivity contribution in [3.8, 4) is 0 Å². The smallest absolute Gasteiger partial charge is 0.254 e. The van der Waals surface area contributed by atoms with Crippen molar-refractivity contribution < 1.29 is 4.79 Å². The quantitative estimate of drug-likeness (QED) is 0.943. The summed E-state index contributed by atoms with van der Waals surface area (Å²) in [6.45, 7) is 2.31. The molecule has 0 aliphatic heterocycles. The lowest BCUT2D eigenvalue weighted by molar-refractivity contribution is 0.0949. The molecule has 0 unspecified atom stereocenters. The molecule has 2 aromatic rings. The SMILES string of the molecule is Cc1nc(C2CC2)ncc1C(=O)NCc1ccc(Cl)cc1. The lowest BCUT2D eigenvalue weighted by Crippen LogP contribution is -2.24. The second-order valence-corrected chi connectivity index (χ2v) is 5.75. The summed E-state index contributed by atoms with van der Waals surface area (Å²) in [6.07, 6.45) is 3.94. The van der Waals surface area contributed by atoms with Gasteiger partial charge in [-0.25, -0.2) is 9.97 Å². The number of nitrogens with zero attached hydrogens (tertiary/aromatic N) is 2. The van der Waals surface area contributed by atoms with E-state index in [2.05, 4.69) is 15.3 Å². The predicted octanol–water partition coefficient (Wildman–Crippen LogP) is 3.25. The number of benzene rings is 1. The number of nitrogens with one attached hydrogen (secondary N) is 1. The van der Waals surface area contributed by atoms with Gasteiger partial charge in [0.1, 0.15) is 5.82 Å². The zero-order valence-corrected chi connectivity index (χ0v) is 12.5. The van der Waals surface area contributed by atoms with Gasteiger partial charge < -0.3 is 5.32 Å². The van der Waals surface area contributed by atoms with E-state index in [0.29, 0.717) is 23.0 Å². The van der Waals surface area contributed by atoms with Gasteiger partial charge >= 0.3 is 0 Å². The fourth-order valence-electron chi connectivity index (χ4n) is 2.13. The Hall–Kier alpha value is -1.94. The Morgan fingerprint density at radius 1 is 1.33 bits per heavy atom. The third kappa shape index (κ3) is 3.39. The molecule has 1 aliphatic carbocycles. The van der Waals surface area contributed by atoms with Gasteiger partial charge in [-0.15, -0.1) is 0 Å². The van der Waals surface area contributed by atoms with Gasteiger partial charge in [-0.1, -0.05) is 23.7 Å². The molecule has 1 N–H and O–H groups in total. The third-order valence-corrected chi connectivity index (χ3v) is 3.80. The van der Waals surface area contributed by atoms with Gasteiger partial charge in [0.25, 0.3) is 5.91 Å². The Bertz CT molecular complexity index is 666. The molecular formula is C16H16ClN3O. The third-order valence-electron chi connectivity index (χ3n) is 3.55. The molecule has 0 bridgehead atoms. The van der Waals surface area contributed by atoms with Gasteiger partial charge in [0.05, 0.1) is 11.3 Å². The van der Waals surface area contributed by atoms with Crippen molar-refractivity contribution in [3.05, 3.63) is 58.1 Å². The van der Waals surface area contributed by atoms with Gasteiger partial charge in [-0.3, -0.25) is 4.79 Å². The molecule has 4 nitrogen and oxygen atoms in total. The Balaban J connectivity index is 1.66. The largest absolute Gasteiger partial charge is 0.348 e. The average molecular weight is 302 g/mol. The Morgan fingerprint density at radius 2 is 2.05 bits per heavy atom. The van der Waals surface area contributed by atoms with Gasteiger partial charge in [0, 0.05) is 23.7 Å². The Kier molecular flexibility index (Phi) is 3.88. The Labute approximate surface area is 128 Å². The molecule has 1 aromatic heterocycles. The first-order chi connectivity index (χ1) is 10.1. The van der Waals surface area contributed by atoms with E-state index in [1.165, 1.54) is 0 Å². The highest BCUT2D eigenvalue weighted by molar-refractivity contribution is 6.30. The van der Waals surface area contributed by atoms with Crippen LogP contribution in [0.15, 0.2) is 30.5 Å². The van der Waals surface area contributed by atoms with Crippen LogP contribution in [0.3, 0.4) is 0 Å². The van der Waals surface area contributed by atoms with E-state index in [1.54, 1.807) is 6.20 Å². The van der Waals surface area contributed by atoms with E-state index in [-0.39, 0.29) is 5.91 Å². The van der Waals surface area contributed by atoms with Crippen molar-refractivity contribution >= 4 is 17.5 Å². The number of rotatable bonds is 4. The fraction of sp³-hybridized carbons (Fsp3) is 0.312.